The molecule has 1 aromatic carbocycles. The molecule has 1 amide bonds. The fourth-order valence-electron chi connectivity index (χ4n) is 3.73. The highest BCUT2D eigenvalue weighted by Gasteiger charge is 2.28. The fourth-order valence-corrected chi connectivity index (χ4v) is 3.73. The van der Waals surface area contributed by atoms with Gasteiger partial charge >= 0.3 is 0 Å². The Kier molecular flexibility index (Phi) is 6.04. The number of carbonyl (C=O) groups excluding carboxylic acids is 1. The predicted octanol–water partition coefficient (Wildman–Crippen LogP) is 2.88. The number of nitrogens with zero attached hydrogens (tertiary/aromatic N) is 3. The van der Waals surface area contributed by atoms with Crippen molar-refractivity contribution in [2.24, 2.45) is 0 Å². The van der Waals surface area contributed by atoms with Crippen LogP contribution in [0.3, 0.4) is 0 Å². The van der Waals surface area contributed by atoms with Gasteiger partial charge in [-0.15, -0.1) is 0 Å². The number of hydrogen-bond donors (Lipinski definition) is 1. The summed E-state index contributed by atoms with van der Waals surface area (Å²) in [6.07, 6.45) is 1.67. The van der Waals surface area contributed by atoms with Crippen molar-refractivity contribution in [1.29, 1.82) is 0 Å². The summed E-state index contributed by atoms with van der Waals surface area (Å²) in [6, 6.07) is 13.5. The van der Waals surface area contributed by atoms with Crippen LogP contribution in [-0.4, -0.2) is 55.8 Å². The first-order chi connectivity index (χ1) is 14.6. The lowest BCUT2D eigenvalue weighted by molar-refractivity contribution is 0.0914. The summed E-state index contributed by atoms with van der Waals surface area (Å²) in [6.45, 7) is 5.69. The number of carbonyl (C=O) groups is 1. The van der Waals surface area contributed by atoms with Crippen LogP contribution >= 0.6 is 0 Å². The molecule has 30 heavy (non-hydrogen) atoms. The number of piperazine rings is 1. The highest BCUT2D eigenvalue weighted by molar-refractivity contribution is 5.92. The van der Waals surface area contributed by atoms with Crippen molar-refractivity contribution in [2.45, 2.75) is 13.0 Å². The van der Waals surface area contributed by atoms with Gasteiger partial charge < -0.3 is 23.9 Å². The zero-order valence-electron chi connectivity index (χ0n) is 17.2. The topological polar surface area (TPSA) is 84.0 Å². The summed E-state index contributed by atoms with van der Waals surface area (Å²) < 4.78 is 15.9. The summed E-state index contributed by atoms with van der Waals surface area (Å²) in [7, 11) is 1.67. The first-order valence-electron chi connectivity index (χ1n) is 10.0. The third kappa shape index (κ3) is 4.49. The van der Waals surface area contributed by atoms with Crippen LogP contribution in [-0.2, 0) is 0 Å². The number of furan rings is 1. The van der Waals surface area contributed by atoms with Gasteiger partial charge in [-0.2, -0.15) is 0 Å². The van der Waals surface area contributed by atoms with E-state index in [-0.39, 0.29) is 17.6 Å². The van der Waals surface area contributed by atoms with E-state index in [1.165, 1.54) is 5.69 Å². The molecule has 3 aromatic rings. The number of aromatic nitrogens is 1. The number of nitrogens with one attached hydrogen (secondary N) is 1. The molecule has 1 aliphatic heterocycles. The van der Waals surface area contributed by atoms with E-state index in [0.29, 0.717) is 12.3 Å². The van der Waals surface area contributed by atoms with Crippen LogP contribution in [0.2, 0.25) is 0 Å². The second-order valence-corrected chi connectivity index (χ2v) is 7.29. The van der Waals surface area contributed by atoms with Crippen LogP contribution in [0.15, 0.2) is 57.7 Å². The largest absolute Gasteiger partial charge is 0.497 e. The van der Waals surface area contributed by atoms with Gasteiger partial charge in [0, 0.05) is 44.5 Å². The number of benzene rings is 1. The minimum absolute atomic E-state index is 0.0463. The zero-order valence-corrected chi connectivity index (χ0v) is 17.2. The quantitative estimate of drug-likeness (QED) is 0.641. The van der Waals surface area contributed by atoms with Crippen LogP contribution in [0.5, 0.6) is 5.75 Å². The van der Waals surface area contributed by atoms with Crippen molar-refractivity contribution >= 4 is 11.6 Å². The van der Waals surface area contributed by atoms with Gasteiger partial charge in [0.2, 0.25) is 0 Å². The number of hydrogen-bond acceptors (Lipinski definition) is 7. The third-order valence-electron chi connectivity index (χ3n) is 5.38. The normalized spacial score (nSPS) is 15.7. The molecule has 158 valence electrons. The molecular formula is C22H26N4O4. The molecule has 0 unspecified atom stereocenters. The molecule has 0 spiro atoms. The Morgan fingerprint density at radius 1 is 1.20 bits per heavy atom. The van der Waals surface area contributed by atoms with Crippen molar-refractivity contribution in [3.8, 4) is 5.75 Å². The number of ether oxygens (including phenoxy) is 1. The molecule has 0 saturated carbocycles. The number of aryl methyl sites for hydroxylation is 1. The maximum Gasteiger partial charge on any atom is 0.273 e. The van der Waals surface area contributed by atoms with Crippen LogP contribution in [0.4, 0.5) is 5.69 Å². The summed E-state index contributed by atoms with van der Waals surface area (Å²) >= 11 is 0. The van der Waals surface area contributed by atoms with Gasteiger partial charge in [0.1, 0.15) is 17.3 Å². The zero-order chi connectivity index (χ0) is 20.9. The molecule has 0 radical (unpaired) electrons. The van der Waals surface area contributed by atoms with E-state index in [2.05, 4.69) is 32.4 Å². The average molecular weight is 410 g/mol. The van der Waals surface area contributed by atoms with Gasteiger partial charge in [0.15, 0.2) is 5.69 Å². The van der Waals surface area contributed by atoms with Gasteiger partial charge in [0.05, 0.1) is 19.4 Å². The summed E-state index contributed by atoms with van der Waals surface area (Å²) in [5, 5.41) is 6.75. The Hall–Kier alpha value is -3.26. The molecule has 4 rings (SSSR count). The molecule has 1 atom stereocenters. The second-order valence-electron chi connectivity index (χ2n) is 7.29. The smallest absolute Gasteiger partial charge is 0.273 e. The first kappa shape index (κ1) is 20.0. The van der Waals surface area contributed by atoms with Gasteiger partial charge in [-0.25, -0.2) is 0 Å². The molecule has 8 nitrogen and oxygen atoms in total. The van der Waals surface area contributed by atoms with Crippen LogP contribution in [0, 0.1) is 6.92 Å². The highest BCUT2D eigenvalue weighted by Crippen LogP contribution is 2.25. The van der Waals surface area contributed by atoms with E-state index in [4.69, 9.17) is 13.7 Å². The van der Waals surface area contributed by atoms with Crippen molar-refractivity contribution in [3.63, 3.8) is 0 Å². The minimum Gasteiger partial charge on any atom is -0.497 e. The Morgan fingerprint density at radius 2 is 1.97 bits per heavy atom. The molecule has 3 heterocycles. The van der Waals surface area contributed by atoms with E-state index in [0.717, 1.165) is 37.7 Å². The van der Waals surface area contributed by atoms with Crippen molar-refractivity contribution in [1.82, 2.24) is 15.4 Å². The van der Waals surface area contributed by atoms with Crippen molar-refractivity contribution in [2.75, 3.05) is 44.7 Å². The second kappa shape index (κ2) is 9.04. The number of rotatable bonds is 7. The molecule has 1 fully saturated rings. The monoisotopic (exact) mass is 410 g/mol. The number of anilines is 1. The SMILES string of the molecule is COc1ccc(N2CCN([C@@H](CNC(=O)c3cc(C)on3)c3ccco3)CC2)cc1. The Balaban J connectivity index is 1.39. The predicted molar refractivity (Wildman–Crippen MR) is 112 cm³/mol. The van der Waals surface area contributed by atoms with Crippen LogP contribution in [0.1, 0.15) is 28.1 Å². The summed E-state index contributed by atoms with van der Waals surface area (Å²) in [5.74, 6) is 2.05. The maximum atomic E-state index is 12.4. The third-order valence-corrected chi connectivity index (χ3v) is 5.38. The minimum atomic E-state index is -0.250. The van der Waals surface area contributed by atoms with E-state index < -0.39 is 0 Å². The van der Waals surface area contributed by atoms with Crippen molar-refractivity contribution < 1.29 is 18.5 Å². The average Bonchev–Trinajstić information content (AvgIpc) is 3.46. The Labute approximate surface area is 175 Å². The van der Waals surface area contributed by atoms with E-state index in [1.54, 1.807) is 26.4 Å². The van der Waals surface area contributed by atoms with E-state index >= 15 is 0 Å². The van der Waals surface area contributed by atoms with Crippen LogP contribution < -0.4 is 15.0 Å². The lowest BCUT2D eigenvalue weighted by atomic mass is 10.1. The molecule has 1 aliphatic rings. The van der Waals surface area contributed by atoms with Gasteiger partial charge in [0.25, 0.3) is 5.91 Å². The van der Waals surface area contributed by atoms with Crippen LogP contribution in [0.25, 0.3) is 0 Å². The number of methoxy groups -OCH3 is 1. The lowest BCUT2D eigenvalue weighted by Crippen LogP contribution is -2.49. The van der Waals surface area contributed by atoms with Gasteiger partial charge in [-0.05, 0) is 43.3 Å². The van der Waals surface area contributed by atoms with Gasteiger partial charge in [-0.3, -0.25) is 9.69 Å². The van der Waals surface area contributed by atoms with E-state index in [9.17, 15) is 4.79 Å². The highest BCUT2D eigenvalue weighted by atomic mass is 16.5. The first-order valence-corrected chi connectivity index (χ1v) is 10.0. The Bertz CT molecular complexity index is 944. The molecule has 8 heteroatoms. The molecule has 0 aliphatic carbocycles. The summed E-state index contributed by atoms with van der Waals surface area (Å²) in [5.41, 5.74) is 1.47. The maximum absolute atomic E-state index is 12.4. The van der Waals surface area contributed by atoms with Crippen molar-refractivity contribution in [3.05, 3.63) is 65.9 Å². The van der Waals surface area contributed by atoms with Gasteiger partial charge in [-0.1, -0.05) is 5.16 Å². The lowest BCUT2D eigenvalue weighted by Gasteiger charge is -2.39. The molecule has 0 bridgehead atoms. The molecular weight excluding hydrogens is 384 g/mol. The van der Waals surface area contributed by atoms with E-state index in [1.807, 2.05) is 24.3 Å². The fraction of sp³-hybridized carbons (Fsp3) is 0.364. The summed E-state index contributed by atoms with van der Waals surface area (Å²) in [4.78, 5) is 17.1. The molecule has 1 saturated heterocycles. The molecule has 1 N–H and O–H groups in total. The Morgan fingerprint density at radius 3 is 2.57 bits per heavy atom. The standard InChI is InChI=1S/C22H26N4O4/c1-16-14-19(24-30-16)22(27)23-15-20(21-4-3-13-29-21)26-11-9-25(10-12-26)17-5-7-18(28-2)8-6-17/h3-8,13-14,20H,9-12,15H2,1-2H3,(H,23,27)/t20-/m0/s1. The number of amides is 1. The molecule has 2 aromatic heterocycles.